The molecule has 2 nitrogen and oxygen atoms in total. The molecule has 0 bridgehead atoms. The van der Waals surface area contributed by atoms with Gasteiger partial charge >= 0.3 is 0 Å². The van der Waals surface area contributed by atoms with Gasteiger partial charge in [0.25, 0.3) is 0 Å². The lowest BCUT2D eigenvalue weighted by atomic mass is 10.0. The SMILES string of the molecule is CC(C)c1cc(Br)ccc1OC(c1ccc(Br)s1)C(C)N. The first-order valence-electron chi connectivity index (χ1n) is 6.85. The first-order valence-corrected chi connectivity index (χ1v) is 9.25. The molecule has 0 fully saturated rings. The van der Waals surface area contributed by atoms with Crippen molar-refractivity contribution in [3.63, 3.8) is 0 Å². The van der Waals surface area contributed by atoms with Crippen LogP contribution in [0.4, 0.5) is 0 Å². The monoisotopic (exact) mass is 431 g/mol. The van der Waals surface area contributed by atoms with Gasteiger partial charge in [-0.2, -0.15) is 0 Å². The number of halogens is 2. The molecule has 5 heteroatoms. The molecule has 21 heavy (non-hydrogen) atoms. The smallest absolute Gasteiger partial charge is 0.148 e. The normalized spacial score (nSPS) is 14.2. The second kappa shape index (κ2) is 7.27. The van der Waals surface area contributed by atoms with Crippen molar-refractivity contribution in [2.45, 2.75) is 38.8 Å². The minimum Gasteiger partial charge on any atom is -0.483 e. The Bertz CT molecular complexity index is 610. The zero-order chi connectivity index (χ0) is 15.6. The number of benzene rings is 1. The number of thiophene rings is 1. The molecule has 2 N–H and O–H groups in total. The van der Waals surface area contributed by atoms with E-state index < -0.39 is 0 Å². The summed E-state index contributed by atoms with van der Waals surface area (Å²) in [5, 5.41) is 0. The average molecular weight is 433 g/mol. The number of ether oxygens (including phenoxy) is 1. The maximum absolute atomic E-state index is 6.27. The van der Waals surface area contributed by atoms with E-state index in [1.165, 1.54) is 5.56 Å². The highest BCUT2D eigenvalue weighted by molar-refractivity contribution is 9.11. The summed E-state index contributed by atoms with van der Waals surface area (Å²) in [7, 11) is 0. The van der Waals surface area contributed by atoms with Crippen LogP contribution in [0.1, 0.15) is 43.2 Å². The molecule has 2 rings (SSSR count). The first-order chi connectivity index (χ1) is 9.88. The van der Waals surface area contributed by atoms with Gasteiger partial charge in [-0.15, -0.1) is 11.3 Å². The summed E-state index contributed by atoms with van der Waals surface area (Å²) in [6.45, 7) is 6.31. The molecule has 0 aliphatic rings. The average Bonchev–Trinajstić information content (AvgIpc) is 2.83. The number of hydrogen-bond donors (Lipinski definition) is 1. The fraction of sp³-hybridized carbons (Fsp3) is 0.375. The number of nitrogens with two attached hydrogens (primary N) is 1. The summed E-state index contributed by atoms with van der Waals surface area (Å²) in [6.07, 6.45) is -0.139. The van der Waals surface area contributed by atoms with E-state index in [0.717, 1.165) is 18.9 Å². The molecule has 0 radical (unpaired) electrons. The van der Waals surface area contributed by atoms with Crippen LogP contribution in [0.3, 0.4) is 0 Å². The van der Waals surface area contributed by atoms with Gasteiger partial charge in [-0.3, -0.25) is 0 Å². The Labute approximate surface area is 147 Å². The Balaban J connectivity index is 2.33. The number of rotatable bonds is 5. The fourth-order valence-electron chi connectivity index (χ4n) is 2.12. The Kier molecular flexibility index (Phi) is 5.88. The lowest BCUT2D eigenvalue weighted by Crippen LogP contribution is -2.28. The van der Waals surface area contributed by atoms with Crippen LogP contribution in [-0.2, 0) is 0 Å². The van der Waals surface area contributed by atoms with E-state index in [2.05, 4.69) is 57.8 Å². The van der Waals surface area contributed by atoms with E-state index >= 15 is 0 Å². The molecule has 0 aliphatic heterocycles. The predicted octanol–water partition coefficient (Wildman–Crippen LogP) is 5.86. The molecule has 1 aromatic heterocycles. The Hall–Kier alpha value is -0.360. The van der Waals surface area contributed by atoms with E-state index in [-0.39, 0.29) is 12.1 Å². The van der Waals surface area contributed by atoms with Crippen LogP contribution in [0.2, 0.25) is 0 Å². The lowest BCUT2D eigenvalue weighted by Gasteiger charge is -2.24. The summed E-state index contributed by atoms with van der Waals surface area (Å²) in [5.74, 6) is 1.29. The van der Waals surface area contributed by atoms with E-state index in [9.17, 15) is 0 Å². The van der Waals surface area contributed by atoms with Gasteiger partial charge < -0.3 is 10.5 Å². The molecule has 1 aromatic carbocycles. The quantitative estimate of drug-likeness (QED) is 0.641. The molecule has 2 unspecified atom stereocenters. The van der Waals surface area contributed by atoms with Gasteiger partial charge in [0.2, 0.25) is 0 Å². The van der Waals surface area contributed by atoms with E-state index in [0.29, 0.717) is 5.92 Å². The van der Waals surface area contributed by atoms with Crippen LogP contribution < -0.4 is 10.5 Å². The summed E-state index contributed by atoms with van der Waals surface area (Å²) in [6, 6.07) is 10.1. The van der Waals surface area contributed by atoms with Gasteiger partial charge in [-0.1, -0.05) is 29.8 Å². The Morgan fingerprint density at radius 2 is 1.81 bits per heavy atom. The standard InChI is InChI=1S/C16H19Br2NOS/c1-9(2)12-8-11(17)4-5-13(12)20-16(10(3)19)14-6-7-15(18)21-14/h4-10,16H,19H2,1-3H3. The summed E-state index contributed by atoms with van der Waals surface area (Å²) < 4.78 is 8.42. The summed E-state index contributed by atoms with van der Waals surface area (Å²) >= 11 is 8.69. The largest absolute Gasteiger partial charge is 0.483 e. The van der Waals surface area contributed by atoms with Crippen LogP contribution >= 0.6 is 43.2 Å². The third-order valence-corrected chi connectivity index (χ3v) is 5.38. The minimum absolute atomic E-state index is 0.0841. The zero-order valence-corrected chi connectivity index (χ0v) is 16.3. The molecular weight excluding hydrogens is 414 g/mol. The summed E-state index contributed by atoms with van der Waals surface area (Å²) in [5.41, 5.74) is 7.32. The van der Waals surface area contributed by atoms with Crippen molar-refractivity contribution in [1.82, 2.24) is 0 Å². The molecule has 1 heterocycles. The van der Waals surface area contributed by atoms with Crippen molar-refractivity contribution in [2.75, 3.05) is 0 Å². The molecule has 0 amide bonds. The highest BCUT2D eigenvalue weighted by Gasteiger charge is 2.22. The van der Waals surface area contributed by atoms with E-state index in [4.69, 9.17) is 10.5 Å². The van der Waals surface area contributed by atoms with Gasteiger partial charge in [-0.25, -0.2) is 0 Å². The molecule has 0 spiro atoms. The molecule has 2 aromatic rings. The third-order valence-electron chi connectivity index (χ3n) is 3.20. The van der Waals surface area contributed by atoms with Crippen molar-refractivity contribution in [3.05, 3.63) is 49.0 Å². The Morgan fingerprint density at radius 3 is 2.33 bits per heavy atom. The van der Waals surface area contributed by atoms with Gasteiger partial charge in [-0.05, 0) is 64.7 Å². The van der Waals surface area contributed by atoms with Crippen molar-refractivity contribution in [1.29, 1.82) is 0 Å². The van der Waals surface area contributed by atoms with Crippen molar-refractivity contribution >= 4 is 43.2 Å². The van der Waals surface area contributed by atoms with Crippen molar-refractivity contribution < 1.29 is 4.74 Å². The fourth-order valence-corrected chi connectivity index (χ4v) is 4.07. The second-order valence-corrected chi connectivity index (χ2v) is 8.79. The molecule has 0 saturated heterocycles. The molecular formula is C16H19Br2NOS. The van der Waals surface area contributed by atoms with E-state index in [1.807, 2.05) is 25.1 Å². The second-order valence-electron chi connectivity index (χ2n) is 5.38. The van der Waals surface area contributed by atoms with Crippen molar-refractivity contribution in [2.24, 2.45) is 5.73 Å². The van der Waals surface area contributed by atoms with Gasteiger partial charge in [0.05, 0.1) is 3.79 Å². The third kappa shape index (κ3) is 4.31. The van der Waals surface area contributed by atoms with Crippen LogP contribution in [0.5, 0.6) is 5.75 Å². The predicted molar refractivity (Wildman–Crippen MR) is 97.3 cm³/mol. The summed E-state index contributed by atoms with van der Waals surface area (Å²) in [4.78, 5) is 1.13. The van der Waals surface area contributed by atoms with E-state index in [1.54, 1.807) is 11.3 Å². The van der Waals surface area contributed by atoms with Crippen LogP contribution in [0.25, 0.3) is 0 Å². The van der Waals surface area contributed by atoms with Crippen LogP contribution in [0.15, 0.2) is 38.6 Å². The molecule has 2 atom stereocenters. The maximum Gasteiger partial charge on any atom is 0.148 e. The molecule has 0 saturated carbocycles. The van der Waals surface area contributed by atoms with Gasteiger partial charge in [0, 0.05) is 15.4 Å². The van der Waals surface area contributed by atoms with Gasteiger partial charge in [0.1, 0.15) is 11.9 Å². The molecule has 0 aliphatic carbocycles. The molecule has 114 valence electrons. The number of hydrogen-bond acceptors (Lipinski definition) is 3. The van der Waals surface area contributed by atoms with Crippen molar-refractivity contribution in [3.8, 4) is 5.75 Å². The van der Waals surface area contributed by atoms with Gasteiger partial charge in [0.15, 0.2) is 0 Å². The van der Waals surface area contributed by atoms with Crippen LogP contribution in [-0.4, -0.2) is 6.04 Å². The minimum atomic E-state index is -0.139. The highest BCUT2D eigenvalue weighted by atomic mass is 79.9. The zero-order valence-electron chi connectivity index (χ0n) is 12.3. The topological polar surface area (TPSA) is 35.2 Å². The Morgan fingerprint density at radius 1 is 1.10 bits per heavy atom. The highest BCUT2D eigenvalue weighted by Crippen LogP contribution is 2.36. The first kappa shape index (κ1) is 17.0. The lowest BCUT2D eigenvalue weighted by molar-refractivity contribution is 0.182. The maximum atomic E-state index is 6.27. The van der Waals surface area contributed by atoms with Crippen LogP contribution in [0, 0.1) is 0 Å².